The first-order valence-corrected chi connectivity index (χ1v) is 11.4. The van der Waals surface area contributed by atoms with Gasteiger partial charge < -0.3 is 4.90 Å². The lowest BCUT2D eigenvalue weighted by Gasteiger charge is -2.31. The number of aryl methyl sites for hydroxylation is 1. The van der Waals surface area contributed by atoms with Crippen molar-refractivity contribution in [1.29, 1.82) is 0 Å². The Morgan fingerprint density at radius 1 is 1.03 bits per heavy atom. The molecule has 6 nitrogen and oxygen atoms in total. The van der Waals surface area contributed by atoms with Crippen LogP contribution in [0.25, 0.3) is 5.69 Å². The molecule has 0 spiro atoms. The van der Waals surface area contributed by atoms with Gasteiger partial charge in [-0.3, -0.25) is 4.79 Å². The summed E-state index contributed by atoms with van der Waals surface area (Å²) in [5, 5.41) is 4.52. The molecule has 156 valence electrons. The topological polar surface area (TPSA) is 60.1 Å². The monoisotopic (exact) mass is 422 g/mol. The minimum absolute atomic E-state index is 0.132. The van der Waals surface area contributed by atoms with Gasteiger partial charge in [0.05, 0.1) is 11.4 Å². The second kappa shape index (κ2) is 9.34. The number of carbonyl (C=O) groups is 1. The maximum atomic E-state index is 12.6. The van der Waals surface area contributed by atoms with E-state index in [9.17, 15) is 9.59 Å². The number of amides is 1. The first-order valence-electron chi connectivity index (χ1n) is 10.2. The van der Waals surface area contributed by atoms with Crippen molar-refractivity contribution in [1.82, 2.24) is 19.2 Å². The Hall–Kier alpha value is -2.80. The molecule has 0 radical (unpaired) electrons. The predicted molar refractivity (Wildman–Crippen MR) is 120 cm³/mol. The Kier molecular flexibility index (Phi) is 6.38. The molecule has 4 rings (SSSR count). The van der Waals surface area contributed by atoms with Crippen LogP contribution in [0.4, 0.5) is 0 Å². The molecular weight excluding hydrogens is 396 g/mol. The van der Waals surface area contributed by atoms with Crippen LogP contribution in [0.3, 0.4) is 0 Å². The van der Waals surface area contributed by atoms with Crippen molar-refractivity contribution in [3.05, 3.63) is 82.5 Å². The Bertz CT molecular complexity index is 1040. The summed E-state index contributed by atoms with van der Waals surface area (Å²) in [6, 6.07) is 19.9. The van der Waals surface area contributed by atoms with Crippen molar-refractivity contribution in [3.63, 3.8) is 0 Å². The van der Waals surface area contributed by atoms with Crippen LogP contribution < -0.4 is 5.69 Å². The van der Waals surface area contributed by atoms with Crippen molar-refractivity contribution in [2.75, 3.05) is 18.8 Å². The predicted octanol–water partition coefficient (Wildman–Crippen LogP) is 3.21. The van der Waals surface area contributed by atoms with Crippen LogP contribution in [0, 0.1) is 0 Å². The van der Waals surface area contributed by atoms with Gasteiger partial charge in [0.1, 0.15) is 5.82 Å². The largest absolute Gasteiger partial charge is 0.350 e. The fourth-order valence-electron chi connectivity index (χ4n) is 3.88. The van der Waals surface area contributed by atoms with Gasteiger partial charge in [0.15, 0.2) is 0 Å². The second-order valence-corrected chi connectivity index (χ2v) is 8.55. The number of hydrogen-bond donors (Lipinski definition) is 0. The number of thioether (sulfide) groups is 1. The van der Waals surface area contributed by atoms with Crippen molar-refractivity contribution in [2.45, 2.75) is 24.5 Å². The zero-order valence-corrected chi connectivity index (χ0v) is 17.9. The molecule has 1 aromatic heterocycles. The fraction of sp³-hybridized carbons (Fsp3) is 0.348. The van der Waals surface area contributed by atoms with Crippen molar-refractivity contribution >= 4 is 17.7 Å². The van der Waals surface area contributed by atoms with Crippen LogP contribution in [0.1, 0.15) is 30.1 Å². The Balaban J connectivity index is 1.36. The van der Waals surface area contributed by atoms with Crippen LogP contribution in [0.15, 0.2) is 65.5 Å². The van der Waals surface area contributed by atoms with Crippen LogP contribution in [-0.2, 0) is 17.6 Å². The van der Waals surface area contributed by atoms with E-state index in [-0.39, 0.29) is 17.5 Å². The summed E-state index contributed by atoms with van der Waals surface area (Å²) < 4.78 is 3.11. The molecule has 1 fully saturated rings. The van der Waals surface area contributed by atoms with Crippen molar-refractivity contribution in [3.8, 4) is 5.69 Å². The molecule has 0 saturated carbocycles. The normalized spacial score (nSPS) is 14.8. The molecule has 3 aromatic rings. The van der Waals surface area contributed by atoms with Gasteiger partial charge in [0, 0.05) is 31.8 Å². The van der Waals surface area contributed by atoms with E-state index in [2.05, 4.69) is 17.2 Å². The first-order chi connectivity index (χ1) is 14.6. The number of nitrogens with zero attached hydrogens (tertiary/aromatic N) is 4. The maximum Gasteiger partial charge on any atom is 0.350 e. The SMILES string of the molecule is Cn1nc(C2CCN(C(=O)CSCc3ccccc3)CC2)n(-c2ccccc2)c1=O. The minimum Gasteiger partial charge on any atom is -0.342 e. The van der Waals surface area contributed by atoms with Gasteiger partial charge in [0.2, 0.25) is 5.91 Å². The van der Waals surface area contributed by atoms with Gasteiger partial charge in [-0.2, -0.15) is 5.10 Å². The molecule has 1 amide bonds. The zero-order valence-electron chi connectivity index (χ0n) is 17.1. The first kappa shape index (κ1) is 20.5. The third kappa shape index (κ3) is 4.51. The van der Waals surface area contributed by atoms with E-state index in [1.165, 1.54) is 10.2 Å². The van der Waals surface area contributed by atoms with Gasteiger partial charge in [0.25, 0.3) is 0 Å². The molecule has 2 aromatic carbocycles. The van der Waals surface area contributed by atoms with E-state index < -0.39 is 0 Å². The third-order valence-electron chi connectivity index (χ3n) is 5.51. The molecule has 7 heteroatoms. The molecular formula is C23H26N4O2S. The quantitative estimate of drug-likeness (QED) is 0.612. The maximum absolute atomic E-state index is 12.6. The highest BCUT2D eigenvalue weighted by Gasteiger charge is 2.28. The molecule has 1 aliphatic heterocycles. The molecule has 30 heavy (non-hydrogen) atoms. The van der Waals surface area contributed by atoms with Gasteiger partial charge >= 0.3 is 5.69 Å². The van der Waals surface area contributed by atoms with Crippen molar-refractivity contribution in [2.24, 2.45) is 7.05 Å². The van der Waals surface area contributed by atoms with E-state index in [0.717, 1.165) is 30.1 Å². The van der Waals surface area contributed by atoms with Crippen LogP contribution in [-0.4, -0.2) is 44.0 Å². The standard InChI is InChI=1S/C23H26N4O2S/c1-25-23(29)27(20-10-6-3-7-11-20)22(24-25)19-12-14-26(15-13-19)21(28)17-30-16-18-8-4-2-5-9-18/h2-11,19H,12-17H2,1H3. The lowest BCUT2D eigenvalue weighted by Crippen LogP contribution is -2.39. The molecule has 0 bridgehead atoms. The summed E-state index contributed by atoms with van der Waals surface area (Å²) in [4.78, 5) is 27.2. The lowest BCUT2D eigenvalue weighted by atomic mass is 9.95. The van der Waals surface area contributed by atoms with E-state index in [1.54, 1.807) is 23.4 Å². The summed E-state index contributed by atoms with van der Waals surface area (Å²) in [7, 11) is 1.69. The van der Waals surface area contributed by atoms with E-state index >= 15 is 0 Å². The number of likely N-dealkylation sites (tertiary alicyclic amines) is 1. The molecule has 2 heterocycles. The van der Waals surface area contributed by atoms with Crippen LogP contribution in [0.5, 0.6) is 0 Å². The Labute approximate surface area is 180 Å². The van der Waals surface area contributed by atoms with E-state index in [1.807, 2.05) is 53.4 Å². The van der Waals surface area contributed by atoms with E-state index in [4.69, 9.17) is 0 Å². The number of para-hydroxylation sites is 1. The van der Waals surface area contributed by atoms with E-state index in [0.29, 0.717) is 18.8 Å². The zero-order chi connectivity index (χ0) is 20.9. The number of aromatic nitrogens is 3. The summed E-state index contributed by atoms with van der Waals surface area (Å²) in [5.74, 6) is 2.49. The average molecular weight is 423 g/mol. The molecule has 0 atom stereocenters. The van der Waals surface area contributed by atoms with Crippen LogP contribution >= 0.6 is 11.8 Å². The number of hydrogen-bond acceptors (Lipinski definition) is 4. The molecule has 1 saturated heterocycles. The number of rotatable bonds is 6. The third-order valence-corrected chi connectivity index (χ3v) is 6.50. The highest BCUT2D eigenvalue weighted by Crippen LogP contribution is 2.28. The summed E-state index contributed by atoms with van der Waals surface area (Å²) >= 11 is 1.66. The Morgan fingerprint density at radius 3 is 2.33 bits per heavy atom. The second-order valence-electron chi connectivity index (χ2n) is 7.57. The number of carbonyl (C=O) groups excluding carboxylic acids is 1. The highest BCUT2D eigenvalue weighted by atomic mass is 32.2. The number of piperidine rings is 1. The van der Waals surface area contributed by atoms with Crippen LogP contribution in [0.2, 0.25) is 0 Å². The summed E-state index contributed by atoms with van der Waals surface area (Å²) in [6.07, 6.45) is 1.64. The van der Waals surface area contributed by atoms with Crippen molar-refractivity contribution < 1.29 is 4.79 Å². The molecule has 0 N–H and O–H groups in total. The minimum atomic E-state index is -0.132. The summed E-state index contributed by atoms with van der Waals surface area (Å²) in [5.41, 5.74) is 1.94. The lowest BCUT2D eigenvalue weighted by molar-refractivity contribution is -0.129. The average Bonchev–Trinajstić information content (AvgIpc) is 3.09. The number of benzene rings is 2. The van der Waals surface area contributed by atoms with Gasteiger partial charge in [-0.05, 0) is 30.5 Å². The molecule has 0 unspecified atom stereocenters. The highest BCUT2D eigenvalue weighted by molar-refractivity contribution is 7.99. The molecule has 1 aliphatic rings. The smallest absolute Gasteiger partial charge is 0.342 e. The molecule has 0 aliphatic carbocycles. The fourth-order valence-corrected chi connectivity index (χ4v) is 4.76. The summed E-state index contributed by atoms with van der Waals surface area (Å²) in [6.45, 7) is 1.41. The van der Waals surface area contributed by atoms with Gasteiger partial charge in [-0.25, -0.2) is 14.0 Å². The Morgan fingerprint density at radius 2 is 1.67 bits per heavy atom. The van der Waals surface area contributed by atoms with Gasteiger partial charge in [-0.15, -0.1) is 11.8 Å². The van der Waals surface area contributed by atoms with Gasteiger partial charge in [-0.1, -0.05) is 48.5 Å².